The highest BCUT2D eigenvalue weighted by atomic mass is 16.5. The van der Waals surface area contributed by atoms with Crippen LogP contribution in [0.3, 0.4) is 0 Å². The summed E-state index contributed by atoms with van der Waals surface area (Å²) in [5, 5.41) is 2.57. The van der Waals surface area contributed by atoms with Gasteiger partial charge in [-0.05, 0) is 98.1 Å². The zero-order valence-electron chi connectivity index (χ0n) is 31.0. The van der Waals surface area contributed by atoms with E-state index in [4.69, 9.17) is 14.7 Å². The minimum atomic E-state index is -0.506. The van der Waals surface area contributed by atoms with Crippen LogP contribution < -0.4 is 4.74 Å². The van der Waals surface area contributed by atoms with Gasteiger partial charge in [-0.1, -0.05) is 158 Å². The predicted octanol–water partition coefficient (Wildman–Crippen LogP) is 13.3. The third-order valence-corrected chi connectivity index (χ3v) is 12.1. The van der Waals surface area contributed by atoms with Crippen LogP contribution in [0.4, 0.5) is 0 Å². The number of fused-ring (bicyclic) bond motifs is 9. The number of nitrogens with zero attached hydrogens (tertiary/aromatic N) is 2. The lowest BCUT2D eigenvalue weighted by atomic mass is 9.66. The molecule has 0 amide bonds. The van der Waals surface area contributed by atoms with Crippen molar-refractivity contribution >= 4 is 16.8 Å². The molecule has 2 heterocycles. The van der Waals surface area contributed by atoms with Crippen LogP contribution in [0.25, 0.3) is 73.0 Å². The Bertz CT molecular complexity index is 3080. The van der Waals surface area contributed by atoms with E-state index >= 15 is 0 Å². The second-order valence-electron chi connectivity index (χ2n) is 15.2. The van der Waals surface area contributed by atoms with Crippen molar-refractivity contribution < 1.29 is 4.74 Å². The molecule has 57 heavy (non-hydrogen) atoms. The number of allylic oxidation sites excluding steroid dienone is 1. The zero-order valence-corrected chi connectivity index (χ0v) is 31.0. The molecule has 1 aromatic heterocycles. The molecule has 0 atom stereocenters. The van der Waals surface area contributed by atoms with Crippen LogP contribution in [0.2, 0.25) is 0 Å². The highest BCUT2D eigenvalue weighted by molar-refractivity contribution is 5.98. The molecule has 2 aliphatic carbocycles. The van der Waals surface area contributed by atoms with Crippen molar-refractivity contribution in [1.29, 1.82) is 0 Å². The van der Waals surface area contributed by atoms with Crippen LogP contribution in [0, 0.1) is 0 Å². The molecule has 1 aliphatic heterocycles. The Morgan fingerprint density at radius 3 is 1.88 bits per heavy atom. The van der Waals surface area contributed by atoms with Crippen molar-refractivity contribution in [3.8, 4) is 67.7 Å². The number of benzene rings is 8. The summed E-state index contributed by atoms with van der Waals surface area (Å²) in [7, 11) is 0. The first-order valence-electron chi connectivity index (χ1n) is 19.6. The van der Waals surface area contributed by atoms with Gasteiger partial charge in [0.2, 0.25) is 0 Å². The molecule has 9 aromatic rings. The van der Waals surface area contributed by atoms with E-state index in [2.05, 4.69) is 188 Å². The monoisotopic (exact) mass is 726 g/mol. The Kier molecular flexibility index (Phi) is 6.91. The molecule has 3 aliphatic rings. The minimum Gasteiger partial charge on any atom is -0.457 e. The molecule has 0 bridgehead atoms. The van der Waals surface area contributed by atoms with Gasteiger partial charge in [-0.3, -0.25) is 0 Å². The molecule has 3 nitrogen and oxygen atoms in total. The van der Waals surface area contributed by atoms with Gasteiger partial charge in [-0.15, -0.1) is 0 Å². The van der Waals surface area contributed by atoms with Crippen LogP contribution in [-0.4, -0.2) is 9.97 Å². The van der Waals surface area contributed by atoms with Crippen LogP contribution in [0.15, 0.2) is 188 Å². The highest BCUT2D eigenvalue weighted by Gasteiger charge is 2.51. The molecule has 0 saturated carbocycles. The lowest BCUT2D eigenvalue weighted by molar-refractivity contribution is 0.436. The van der Waals surface area contributed by atoms with Crippen LogP contribution >= 0.6 is 0 Å². The van der Waals surface area contributed by atoms with E-state index in [1.54, 1.807) is 0 Å². The molecule has 8 aromatic carbocycles. The normalized spacial score (nSPS) is 13.8. The average Bonchev–Trinajstić information content (AvgIpc) is 3.57. The third kappa shape index (κ3) is 4.79. The Labute approximate surface area is 331 Å². The number of rotatable bonds is 4. The van der Waals surface area contributed by atoms with Crippen molar-refractivity contribution in [2.75, 3.05) is 0 Å². The Morgan fingerprint density at radius 2 is 1.09 bits per heavy atom. The van der Waals surface area contributed by atoms with Crippen LogP contribution in [0.5, 0.6) is 11.5 Å². The number of para-hydroxylation sites is 1. The number of hydrogen-bond acceptors (Lipinski definition) is 3. The van der Waals surface area contributed by atoms with Gasteiger partial charge in [0.1, 0.15) is 11.5 Å². The second-order valence-corrected chi connectivity index (χ2v) is 15.2. The molecule has 0 radical (unpaired) electrons. The third-order valence-electron chi connectivity index (χ3n) is 12.1. The quantitative estimate of drug-likeness (QED) is 0.181. The lowest BCUT2D eigenvalue weighted by Crippen LogP contribution is -2.32. The van der Waals surface area contributed by atoms with E-state index in [-0.39, 0.29) is 0 Å². The molecule has 0 unspecified atom stereocenters. The van der Waals surface area contributed by atoms with E-state index in [0.717, 1.165) is 62.7 Å². The fourth-order valence-electron chi connectivity index (χ4n) is 9.63. The van der Waals surface area contributed by atoms with Crippen molar-refractivity contribution in [2.24, 2.45) is 0 Å². The first kappa shape index (κ1) is 31.9. The van der Waals surface area contributed by atoms with Gasteiger partial charge in [0.25, 0.3) is 0 Å². The minimum absolute atomic E-state index is 0.506. The number of ether oxygens (including phenoxy) is 1. The van der Waals surface area contributed by atoms with Gasteiger partial charge in [-0.25, -0.2) is 9.97 Å². The Hall–Kier alpha value is -7.36. The van der Waals surface area contributed by atoms with E-state index in [0.29, 0.717) is 5.82 Å². The molecule has 1 spiro atoms. The second kappa shape index (κ2) is 12.3. The van der Waals surface area contributed by atoms with Gasteiger partial charge < -0.3 is 4.74 Å². The summed E-state index contributed by atoms with van der Waals surface area (Å²) in [5.74, 6) is 2.48. The van der Waals surface area contributed by atoms with Crippen LogP contribution in [-0.2, 0) is 11.8 Å². The summed E-state index contributed by atoms with van der Waals surface area (Å²) < 4.78 is 6.68. The van der Waals surface area contributed by atoms with Crippen molar-refractivity contribution in [3.63, 3.8) is 0 Å². The number of aromatic nitrogens is 2. The zero-order chi connectivity index (χ0) is 37.5. The Balaban J connectivity index is 0.985. The van der Waals surface area contributed by atoms with Crippen molar-refractivity contribution in [1.82, 2.24) is 9.97 Å². The van der Waals surface area contributed by atoms with Crippen LogP contribution in [0.1, 0.15) is 33.4 Å². The predicted molar refractivity (Wildman–Crippen MR) is 231 cm³/mol. The van der Waals surface area contributed by atoms with E-state index in [1.165, 1.54) is 49.7 Å². The summed E-state index contributed by atoms with van der Waals surface area (Å²) in [6.45, 7) is 0. The molecule has 12 rings (SSSR count). The van der Waals surface area contributed by atoms with E-state index < -0.39 is 5.41 Å². The smallest absolute Gasteiger partial charge is 0.160 e. The fraction of sp³-hybridized carbons (Fsp3) is 0.0370. The maximum absolute atomic E-state index is 6.68. The van der Waals surface area contributed by atoms with Crippen molar-refractivity contribution in [2.45, 2.75) is 11.8 Å². The molecule has 0 fully saturated rings. The molecule has 0 N–H and O–H groups in total. The fourth-order valence-corrected chi connectivity index (χ4v) is 9.63. The largest absolute Gasteiger partial charge is 0.457 e. The van der Waals surface area contributed by atoms with Gasteiger partial charge >= 0.3 is 0 Å². The summed E-state index contributed by atoms with van der Waals surface area (Å²) >= 11 is 0. The van der Waals surface area contributed by atoms with Gasteiger partial charge in [0, 0.05) is 27.8 Å². The Morgan fingerprint density at radius 1 is 0.439 bits per heavy atom. The topological polar surface area (TPSA) is 35.0 Å². The lowest BCUT2D eigenvalue weighted by Gasteiger charge is -2.39. The van der Waals surface area contributed by atoms with Crippen molar-refractivity contribution in [3.05, 3.63) is 221 Å². The first-order chi connectivity index (χ1) is 28.2. The highest BCUT2D eigenvalue weighted by Crippen LogP contribution is 2.62. The van der Waals surface area contributed by atoms with Gasteiger partial charge in [0.15, 0.2) is 5.82 Å². The molecule has 0 saturated heterocycles. The summed E-state index contributed by atoms with van der Waals surface area (Å²) in [5.41, 5.74) is 16.7. The first-order valence-corrected chi connectivity index (χ1v) is 19.6. The average molecular weight is 727 g/mol. The molecule has 3 heteroatoms. The maximum atomic E-state index is 6.68. The summed E-state index contributed by atoms with van der Waals surface area (Å²) in [4.78, 5) is 10.4. The molecular weight excluding hydrogens is 693 g/mol. The standard InChI is InChI=1S/C54H34N2O/c1-2-12-35(13-3-1)48-33-49(41-30-39-16-10-14-36-15-11-17-40(31-41)52(36)39)56-53(55-48)37-26-24-34(25-27-37)38-28-29-51-47(32-38)54(46-22-8-9-23-50(46)57-51)44-20-6-4-18-42(44)43-19-5-7-21-45(43)54/h1-14,16-33H,15H2. The molecule has 266 valence electrons. The van der Waals surface area contributed by atoms with Gasteiger partial charge in [-0.2, -0.15) is 0 Å². The van der Waals surface area contributed by atoms with Gasteiger partial charge in [0.05, 0.1) is 16.8 Å². The van der Waals surface area contributed by atoms with E-state index in [1.807, 2.05) is 6.07 Å². The van der Waals surface area contributed by atoms with E-state index in [9.17, 15) is 0 Å². The molecular formula is C54H34N2O. The summed E-state index contributed by atoms with van der Waals surface area (Å²) in [6.07, 6.45) is 5.46. The summed E-state index contributed by atoms with van der Waals surface area (Å²) in [6, 6.07) is 65.3. The SMILES string of the molecule is C1=Cc2cc(-c3cc(-c4ccccc4)nc(-c4ccc(-c5ccc6c(c5)C5(c7ccccc7O6)c6ccccc6-c6ccccc65)cc4)n3)cc3cccc(c23)C1. The number of hydrogen-bond donors (Lipinski definition) is 0. The maximum Gasteiger partial charge on any atom is 0.160 e.